The molecule has 1 heterocycles. The Balaban J connectivity index is 1.94. The van der Waals surface area contributed by atoms with Crippen molar-refractivity contribution in [2.45, 2.75) is 51.7 Å². The lowest BCUT2D eigenvalue weighted by atomic mass is 9.95. The summed E-state index contributed by atoms with van der Waals surface area (Å²) in [7, 11) is 1.58. The Morgan fingerprint density at radius 1 is 1.00 bits per heavy atom. The molecule has 6 nitrogen and oxygen atoms in total. The molecule has 3 aromatic rings. The number of para-hydroxylation sites is 1. The van der Waals surface area contributed by atoms with E-state index in [-0.39, 0.29) is 11.8 Å². The van der Waals surface area contributed by atoms with E-state index in [1.54, 1.807) is 36.3 Å². The van der Waals surface area contributed by atoms with Crippen molar-refractivity contribution in [2.24, 2.45) is 4.99 Å². The number of methoxy groups -OCH3 is 1. The zero-order valence-electron chi connectivity index (χ0n) is 21.8. The first-order valence-electron chi connectivity index (χ1n) is 12.3. The summed E-state index contributed by atoms with van der Waals surface area (Å²) in [6.07, 6.45) is 0.552. The van der Waals surface area contributed by atoms with Gasteiger partial charge in [-0.3, -0.25) is 14.6 Å². The smallest absolute Gasteiger partial charge is 0.255 e. The third kappa shape index (κ3) is 5.70. The molecular weight excluding hydrogens is 486 g/mol. The maximum Gasteiger partial charge on any atom is 0.255 e. The lowest BCUT2D eigenvalue weighted by molar-refractivity contribution is -0.127. The summed E-state index contributed by atoms with van der Waals surface area (Å²) >= 11 is 6.18. The van der Waals surface area contributed by atoms with Gasteiger partial charge in [0.1, 0.15) is 11.8 Å². The van der Waals surface area contributed by atoms with Crippen LogP contribution in [0.25, 0.3) is 0 Å². The van der Waals surface area contributed by atoms with Gasteiger partial charge in [0.05, 0.1) is 24.6 Å². The molecule has 37 heavy (non-hydrogen) atoms. The Morgan fingerprint density at radius 3 is 2.24 bits per heavy atom. The molecule has 2 amide bonds. The predicted octanol–water partition coefficient (Wildman–Crippen LogP) is 6.36. The van der Waals surface area contributed by atoms with Gasteiger partial charge in [-0.1, -0.05) is 48.9 Å². The fourth-order valence-electron chi connectivity index (χ4n) is 4.60. The molecule has 0 radical (unpaired) electrons. The van der Waals surface area contributed by atoms with E-state index in [0.29, 0.717) is 39.7 Å². The Kier molecular flexibility index (Phi) is 7.69. The quantitative estimate of drug-likeness (QED) is 0.428. The van der Waals surface area contributed by atoms with Gasteiger partial charge in [-0.2, -0.15) is 0 Å². The number of carbonyl (C=O) groups excluding carboxylic acids is 2. The molecule has 1 aliphatic rings. The third-order valence-electron chi connectivity index (χ3n) is 6.25. The summed E-state index contributed by atoms with van der Waals surface area (Å²) in [4.78, 5) is 34.9. The average Bonchev–Trinajstić information content (AvgIpc) is 3.02. The molecular formula is C30H32ClN3O3. The van der Waals surface area contributed by atoms with Gasteiger partial charge in [0.2, 0.25) is 5.91 Å². The van der Waals surface area contributed by atoms with Gasteiger partial charge in [-0.25, -0.2) is 0 Å². The third-order valence-corrected chi connectivity index (χ3v) is 6.50. The Hall–Kier alpha value is -3.64. The first-order valence-corrected chi connectivity index (χ1v) is 12.7. The summed E-state index contributed by atoms with van der Waals surface area (Å²) in [6.45, 7) is 7.78. The molecule has 0 saturated carbocycles. The van der Waals surface area contributed by atoms with Gasteiger partial charge in [0, 0.05) is 21.7 Å². The van der Waals surface area contributed by atoms with Gasteiger partial charge in [-0.05, 0) is 75.2 Å². The molecule has 2 unspecified atom stereocenters. The normalized spacial score (nSPS) is 17.4. The standard InChI is InChI=1S/C30H32ClN3O3/c1-6-25-26(19-11-15-21(31)16-12-19)32-24-10-8-7-9-23(24)27(28(35)33-30(2,3)4)34(25)29(36)20-13-17-22(37-5)18-14-20/h7-18,25,27H,6H2,1-5H3,(H,33,35). The summed E-state index contributed by atoms with van der Waals surface area (Å²) < 4.78 is 5.28. The minimum absolute atomic E-state index is 0.257. The van der Waals surface area contributed by atoms with Crippen LogP contribution in [0.3, 0.4) is 0 Å². The molecule has 7 heteroatoms. The van der Waals surface area contributed by atoms with Crippen LogP contribution in [-0.4, -0.2) is 41.1 Å². The van der Waals surface area contributed by atoms with Crippen molar-refractivity contribution in [3.8, 4) is 5.75 Å². The Labute approximate surface area is 223 Å². The Morgan fingerprint density at radius 2 is 1.65 bits per heavy atom. The fourth-order valence-corrected chi connectivity index (χ4v) is 4.73. The lowest BCUT2D eigenvalue weighted by Gasteiger charge is -2.38. The van der Waals surface area contributed by atoms with E-state index in [4.69, 9.17) is 21.3 Å². The Bertz CT molecular complexity index is 1310. The van der Waals surface area contributed by atoms with Crippen LogP contribution >= 0.6 is 11.6 Å². The molecule has 1 aliphatic heterocycles. The minimum Gasteiger partial charge on any atom is -0.497 e. The molecule has 2 atom stereocenters. The van der Waals surface area contributed by atoms with E-state index in [1.807, 2.05) is 76.2 Å². The number of rotatable bonds is 5. The van der Waals surface area contributed by atoms with Crippen molar-refractivity contribution in [3.05, 3.63) is 94.5 Å². The molecule has 0 spiro atoms. The highest BCUT2D eigenvalue weighted by molar-refractivity contribution is 6.30. The van der Waals surface area contributed by atoms with Crippen LogP contribution in [0.5, 0.6) is 5.75 Å². The van der Waals surface area contributed by atoms with Crippen molar-refractivity contribution in [1.29, 1.82) is 0 Å². The van der Waals surface area contributed by atoms with Crippen LogP contribution in [0.4, 0.5) is 5.69 Å². The highest BCUT2D eigenvalue weighted by Crippen LogP contribution is 2.38. The number of hydrogen-bond acceptors (Lipinski definition) is 4. The molecule has 0 fully saturated rings. The predicted molar refractivity (Wildman–Crippen MR) is 148 cm³/mol. The van der Waals surface area contributed by atoms with Gasteiger partial charge < -0.3 is 15.0 Å². The highest BCUT2D eigenvalue weighted by atomic mass is 35.5. The van der Waals surface area contributed by atoms with Crippen LogP contribution in [-0.2, 0) is 4.79 Å². The minimum atomic E-state index is -0.886. The maximum absolute atomic E-state index is 14.3. The van der Waals surface area contributed by atoms with Crippen molar-refractivity contribution in [3.63, 3.8) is 0 Å². The van der Waals surface area contributed by atoms with Crippen LogP contribution in [0.1, 0.15) is 61.6 Å². The second kappa shape index (κ2) is 10.8. The van der Waals surface area contributed by atoms with Crippen LogP contribution < -0.4 is 10.1 Å². The first-order chi connectivity index (χ1) is 17.6. The molecule has 192 valence electrons. The van der Waals surface area contributed by atoms with Crippen molar-refractivity contribution < 1.29 is 14.3 Å². The van der Waals surface area contributed by atoms with Crippen molar-refractivity contribution >= 4 is 34.8 Å². The zero-order chi connectivity index (χ0) is 26.7. The number of benzene rings is 3. The number of hydrogen-bond donors (Lipinski definition) is 1. The van der Waals surface area contributed by atoms with E-state index in [9.17, 15) is 9.59 Å². The highest BCUT2D eigenvalue weighted by Gasteiger charge is 2.42. The number of nitrogens with zero attached hydrogens (tertiary/aromatic N) is 2. The zero-order valence-corrected chi connectivity index (χ0v) is 22.5. The van der Waals surface area contributed by atoms with E-state index in [0.717, 1.165) is 5.56 Å². The number of aliphatic imine (C=N–C) groups is 1. The van der Waals surface area contributed by atoms with Gasteiger partial charge in [0.15, 0.2) is 0 Å². The molecule has 0 aromatic heterocycles. The van der Waals surface area contributed by atoms with Gasteiger partial charge in [0.25, 0.3) is 5.91 Å². The average molecular weight is 518 g/mol. The molecule has 0 saturated heterocycles. The van der Waals surface area contributed by atoms with E-state index < -0.39 is 17.6 Å². The summed E-state index contributed by atoms with van der Waals surface area (Å²) in [5, 5.41) is 3.71. The van der Waals surface area contributed by atoms with Crippen molar-refractivity contribution in [2.75, 3.05) is 7.11 Å². The van der Waals surface area contributed by atoms with Crippen LogP contribution in [0, 0.1) is 0 Å². The number of halogens is 1. The number of nitrogens with one attached hydrogen (secondary N) is 1. The topological polar surface area (TPSA) is 71.0 Å². The molecule has 1 N–H and O–H groups in total. The fraction of sp³-hybridized carbons (Fsp3) is 0.300. The van der Waals surface area contributed by atoms with E-state index in [1.165, 1.54) is 0 Å². The molecule has 3 aromatic carbocycles. The largest absolute Gasteiger partial charge is 0.497 e. The monoisotopic (exact) mass is 517 g/mol. The summed E-state index contributed by atoms with van der Waals surface area (Å²) in [5.41, 5.74) is 2.85. The SMILES string of the molecule is CCC1C(c2ccc(Cl)cc2)=Nc2ccccc2C(C(=O)NC(C)(C)C)N1C(=O)c1ccc(OC)cc1. The molecule has 0 aliphatic carbocycles. The first kappa shape index (κ1) is 26.4. The number of fused-ring (bicyclic) bond motifs is 1. The van der Waals surface area contributed by atoms with E-state index >= 15 is 0 Å². The summed E-state index contributed by atoms with van der Waals surface area (Å²) in [6, 6.07) is 20.5. The second-order valence-corrected chi connectivity index (χ2v) is 10.5. The lowest BCUT2D eigenvalue weighted by Crippen LogP contribution is -2.53. The van der Waals surface area contributed by atoms with Crippen molar-refractivity contribution in [1.82, 2.24) is 10.2 Å². The number of carbonyl (C=O) groups is 2. The number of amides is 2. The number of ether oxygens (including phenoxy) is 1. The molecule has 0 bridgehead atoms. The van der Waals surface area contributed by atoms with E-state index in [2.05, 4.69) is 5.32 Å². The van der Waals surface area contributed by atoms with Crippen LogP contribution in [0.15, 0.2) is 77.8 Å². The maximum atomic E-state index is 14.3. The van der Waals surface area contributed by atoms with Gasteiger partial charge in [-0.15, -0.1) is 0 Å². The van der Waals surface area contributed by atoms with Gasteiger partial charge >= 0.3 is 0 Å². The second-order valence-electron chi connectivity index (χ2n) is 10.1. The molecule has 4 rings (SSSR count). The van der Waals surface area contributed by atoms with Crippen LogP contribution in [0.2, 0.25) is 5.02 Å². The summed E-state index contributed by atoms with van der Waals surface area (Å²) in [5.74, 6) is 0.130.